The van der Waals surface area contributed by atoms with Crippen molar-refractivity contribution in [1.82, 2.24) is 0 Å². The minimum absolute atomic E-state index is 0.0779. The first-order valence-electron chi connectivity index (χ1n) is 6.97. The van der Waals surface area contributed by atoms with E-state index in [9.17, 15) is 4.79 Å². The fourth-order valence-corrected chi connectivity index (χ4v) is 2.83. The number of hydrogen-bond donors (Lipinski definition) is 2. The van der Waals surface area contributed by atoms with Crippen molar-refractivity contribution in [1.29, 1.82) is 0 Å². The third-order valence-electron chi connectivity index (χ3n) is 4.01. The number of anilines is 1. The first-order chi connectivity index (χ1) is 9.08. The second-order valence-corrected chi connectivity index (χ2v) is 5.85. The number of amides is 1. The van der Waals surface area contributed by atoms with E-state index in [1.807, 2.05) is 25.1 Å². The summed E-state index contributed by atoms with van der Waals surface area (Å²) in [6.45, 7) is 5.80. The second kappa shape index (κ2) is 6.40. The molecule has 1 aromatic carbocycles. The first-order valence-corrected chi connectivity index (χ1v) is 7.35. The molecular formula is C15H22ClN2O+. The summed E-state index contributed by atoms with van der Waals surface area (Å²) in [6, 6.07) is 6.18. The van der Waals surface area contributed by atoms with Gasteiger partial charge < -0.3 is 10.2 Å². The third-order valence-corrected chi connectivity index (χ3v) is 4.42. The van der Waals surface area contributed by atoms with Gasteiger partial charge in [-0.05, 0) is 50.8 Å². The molecule has 19 heavy (non-hydrogen) atoms. The summed E-state index contributed by atoms with van der Waals surface area (Å²) in [7, 11) is 0. The summed E-state index contributed by atoms with van der Waals surface area (Å²) in [5, 5.41) is 3.67. The lowest BCUT2D eigenvalue weighted by Crippen LogP contribution is -3.17. The number of nitrogens with one attached hydrogen (secondary N) is 2. The number of quaternary nitrogens is 1. The Morgan fingerprint density at radius 3 is 3.00 bits per heavy atom. The van der Waals surface area contributed by atoms with Crippen molar-refractivity contribution in [2.75, 3.05) is 18.4 Å². The summed E-state index contributed by atoms with van der Waals surface area (Å²) in [5.74, 6) is 0.0779. The lowest BCUT2D eigenvalue weighted by Gasteiger charge is -2.29. The van der Waals surface area contributed by atoms with Crippen LogP contribution in [0, 0.1) is 6.92 Å². The number of halogens is 1. The van der Waals surface area contributed by atoms with Gasteiger partial charge in [-0.3, -0.25) is 4.79 Å². The van der Waals surface area contributed by atoms with Gasteiger partial charge in [0.1, 0.15) is 0 Å². The Morgan fingerprint density at radius 2 is 2.26 bits per heavy atom. The molecule has 4 heteroatoms. The van der Waals surface area contributed by atoms with Crippen LogP contribution in [0.5, 0.6) is 0 Å². The van der Waals surface area contributed by atoms with Crippen LogP contribution in [0.4, 0.5) is 5.69 Å². The maximum absolute atomic E-state index is 12.1. The van der Waals surface area contributed by atoms with Crippen molar-refractivity contribution < 1.29 is 9.69 Å². The van der Waals surface area contributed by atoms with E-state index in [0.717, 1.165) is 17.8 Å². The van der Waals surface area contributed by atoms with E-state index in [4.69, 9.17) is 11.6 Å². The number of rotatable bonds is 3. The van der Waals surface area contributed by atoms with Gasteiger partial charge in [0, 0.05) is 10.7 Å². The molecule has 0 saturated carbocycles. The van der Waals surface area contributed by atoms with Crippen molar-refractivity contribution in [2.24, 2.45) is 0 Å². The molecule has 0 bridgehead atoms. The van der Waals surface area contributed by atoms with Gasteiger partial charge in [0.05, 0.1) is 12.6 Å². The second-order valence-electron chi connectivity index (χ2n) is 5.44. The number of likely N-dealkylation sites (tertiary alicyclic amines) is 1. The monoisotopic (exact) mass is 281 g/mol. The molecule has 1 aromatic rings. The molecule has 2 N–H and O–H groups in total. The van der Waals surface area contributed by atoms with Crippen LogP contribution in [-0.4, -0.2) is 25.0 Å². The summed E-state index contributed by atoms with van der Waals surface area (Å²) < 4.78 is 0. The van der Waals surface area contributed by atoms with Crippen molar-refractivity contribution in [3.63, 3.8) is 0 Å². The van der Waals surface area contributed by atoms with E-state index in [1.165, 1.54) is 24.2 Å². The molecule has 1 aliphatic heterocycles. The average molecular weight is 282 g/mol. The Labute approximate surface area is 119 Å². The maximum Gasteiger partial charge on any atom is 0.279 e. The van der Waals surface area contributed by atoms with E-state index in [1.54, 1.807) is 0 Å². The van der Waals surface area contributed by atoms with E-state index < -0.39 is 0 Å². The van der Waals surface area contributed by atoms with Crippen molar-refractivity contribution in [3.05, 3.63) is 28.8 Å². The first kappa shape index (κ1) is 14.4. The van der Waals surface area contributed by atoms with Crippen LogP contribution >= 0.6 is 11.6 Å². The van der Waals surface area contributed by atoms with Gasteiger partial charge in [-0.25, -0.2) is 0 Å². The molecule has 1 fully saturated rings. The van der Waals surface area contributed by atoms with E-state index in [2.05, 4.69) is 12.2 Å². The Balaban J connectivity index is 1.95. The molecule has 104 valence electrons. The largest absolute Gasteiger partial charge is 0.325 e. The van der Waals surface area contributed by atoms with Crippen LogP contribution in [0.25, 0.3) is 0 Å². The standard InChI is InChI=1S/C15H21ClN2O/c1-11-6-3-4-9-18(11)10-15(19)17-14-8-5-7-13(16)12(14)2/h5,7-8,11H,3-4,6,9-10H2,1-2H3,(H,17,19)/p+1/t11-/m0/s1. The topological polar surface area (TPSA) is 33.5 Å². The molecular weight excluding hydrogens is 260 g/mol. The van der Waals surface area contributed by atoms with Gasteiger partial charge in [-0.2, -0.15) is 0 Å². The minimum atomic E-state index is 0.0779. The van der Waals surface area contributed by atoms with E-state index in [-0.39, 0.29) is 5.91 Å². The molecule has 1 amide bonds. The molecule has 0 aromatic heterocycles. The van der Waals surface area contributed by atoms with Crippen LogP contribution in [0.15, 0.2) is 18.2 Å². The van der Waals surface area contributed by atoms with Crippen molar-refractivity contribution in [3.8, 4) is 0 Å². The molecule has 3 nitrogen and oxygen atoms in total. The maximum atomic E-state index is 12.1. The van der Waals surface area contributed by atoms with Crippen molar-refractivity contribution >= 4 is 23.2 Å². The molecule has 2 atom stereocenters. The highest BCUT2D eigenvalue weighted by molar-refractivity contribution is 6.31. The number of carbonyl (C=O) groups is 1. The molecule has 0 radical (unpaired) electrons. The highest BCUT2D eigenvalue weighted by Gasteiger charge is 2.24. The normalized spacial score (nSPS) is 23.1. The number of carbonyl (C=O) groups excluding carboxylic acids is 1. The number of piperidine rings is 1. The summed E-state index contributed by atoms with van der Waals surface area (Å²) in [6.07, 6.45) is 3.74. The highest BCUT2D eigenvalue weighted by atomic mass is 35.5. The van der Waals surface area contributed by atoms with Crippen LogP contribution in [0.1, 0.15) is 31.7 Å². The lowest BCUT2D eigenvalue weighted by atomic mass is 10.0. The summed E-state index contributed by atoms with van der Waals surface area (Å²) in [5.41, 5.74) is 1.75. The fourth-order valence-electron chi connectivity index (χ4n) is 2.66. The predicted octanol–water partition coefficient (Wildman–Crippen LogP) is 2.04. The summed E-state index contributed by atoms with van der Waals surface area (Å²) in [4.78, 5) is 13.5. The van der Waals surface area contributed by atoms with E-state index >= 15 is 0 Å². The molecule has 1 unspecified atom stereocenters. The quantitative estimate of drug-likeness (QED) is 0.873. The third kappa shape index (κ3) is 3.71. The van der Waals surface area contributed by atoms with Gasteiger partial charge in [-0.1, -0.05) is 17.7 Å². The fraction of sp³-hybridized carbons (Fsp3) is 0.533. The SMILES string of the molecule is Cc1c(Cl)cccc1NC(=O)C[NH+]1CCCC[C@@H]1C. The van der Waals surface area contributed by atoms with Gasteiger partial charge in [-0.15, -0.1) is 0 Å². The van der Waals surface area contributed by atoms with Crippen LogP contribution in [0.3, 0.4) is 0 Å². The number of hydrogen-bond acceptors (Lipinski definition) is 1. The predicted molar refractivity (Wildman–Crippen MR) is 78.8 cm³/mol. The van der Waals surface area contributed by atoms with Crippen molar-refractivity contribution in [2.45, 2.75) is 39.2 Å². The molecule has 0 aliphatic carbocycles. The Kier molecular flexibility index (Phi) is 4.83. The van der Waals surface area contributed by atoms with Crippen LogP contribution in [-0.2, 0) is 4.79 Å². The average Bonchev–Trinajstić information content (AvgIpc) is 2.38. The van der Waals surface area contributed by atoms with E-state index in [0.29, 0.717) is 17.6 Å². The van der Waals surface area contributed by atoms with Crippen LogP contribution in [0.2, 0.25) is 5.02 Å². The Bertz CT molecular complexity index is 461. The lowest BCUT2D eigenvalue weighted by molar-refractivity contribution is -0.920. The molecule has 1 heterocycles. The summed E-state index contributed by atoms with van der Waals surface area (Å²) >= 11 is 6.06. The van der Waals surface area contributed by atoms with Gasteiger partial charge in [0.15, 0.2) is 6.54 Å². The molecule has 2 rings (SSSR count). The zero-order valence-corrected chi connectivity index (χ0v) is 12.4. The zero-order valence-electron chi connectivity index (χ0n) is 11.6. The van der Waals surface area contributed by atoms with Crippen LogP contribution < -0.4 is 10.2 Å². The molecule has 1 aliphatic rings. The van der Waals surface area contributed by atoms with Gasteiger partial charge in [0.25, 0.3) is 5.91 Å². The highest BCUT2D eigenvalue weighted by Crippen LogP contribution is 2.22. The van der Waals surface area contributed by atoms with Gasteiger partial charge >= 0.3 is 0 Å². The van der Waals surface area contributed by atoms with Gasteiger partial charge in [0.2, 0.25) is 0 Å². The molecule has 1 saturated heterocycles. The zero-order chi connectivity index (χ0) is 13.8. The Morgan fingerprint density at radius 1 is 1.47 bits per heavy atom. The number of benzene rings is 1. The smallest absolute Gasteiger partial charge is 0.279 e. The minimum Gasteiger partial charge on any atom is -0.325 e. The molecule has 0 spiro atoms. The Hall–Kier alpha value is -1.06.